The normalized spacial score (nSPS) is 14.9. The topological polar surface area (TPSA) is 67.5 Å². The van der Waals surface area contributed by atoms with Crippen LogP contribution in [0.15, 0.2) is 42.6 Å². The van der Waals surface area contributed by atoms with E-state index in [1.54, 1.807) is 11.8 Å². The largest absolute Gasteiger partial charge is 0.397 e. The molecule has 2 atom stereocenters. The second-order valence-corrected chi connectivity index (χ2v) is 7.23. The summed E-state index contributed by atoms with van der Waals surface area (Å²) in [5.74, 6) is 0.798. The first-order valence-corrected chi connectivity index (χ1v) is 9.54. The Morgan fingerprint density at radius 2 is 1.91 bits per heavy atom. The van der Waals surface area contributed by atoms with E-state index in [0.717, 1.165) is 16.7 Å². The first-order chi connectivity index (χ1) is 10.5. The highest BCUT2D eigenvalue weighted by Gasteiger charge is 2.33. The lowest BCUT2D eigenvalue weighted by molar-refractivity contribution is -0.681. The third-order valence-corrected chi connectivity index (χ3v) is 5.01. The quantitative estimate of drug-likeness (QED) is 0.619. The molecular weight excluding hydrogens is 322 g/mol. The Hall–Kier alpha value is -1.15. The van der Waals surface area contributed by atoms with Gasteiger partial charge in [-0.1, -0.05) is 37.7 Å². The Kier molecular flexibility index (Phi) is 5.80. The van der Waals surface area contributed by atoms with Crippen LogP contribution in [-0.2, 0) is 14.6 Å². The second kappa shape index (κ2) is 7.41. The van der Waals surface area contributed by atoms with E-state index in [0.29, 0.717) is 6.42 Å². The molecule has 2 aromatic rings. The number of hydrogen-bond donors (Lipinski definition) is 1. The van der Waals surface area contributed by atoms with Crippen LogP contribution in [0.3, 0.4) is 0 Å². The molecule has 1 aromatic heterocycles. The first kappa shape index (κ1) is 17.2. The van der Waals surface area contributed by atoms with Crippen molar-refractivity contribution in [2.75, 3.05) is 5.75 Å². The molecule has 2 unspecified atom stereocenters. The third kappa shape index (κ3) is 4.19. The van der Waals surface area contributed by atoms with Crippen molar-refractivity contribution in [1.82, 2.24) is 0 Å². The molecule has 0 saturated carbocycles. The minimum Gasteiger partial charge on any atom is -0.264 e. The molecule has 0 fully saturated rings. The van der Waals surface area contributed by atoms with Crippen LogP contribution < -0.4 is 4.57 Å². The van der Waals surface area contributed by atoms with Gasteiger partial charge in [0.25, 0.3) is 0 Å². The molecule has 1 aromatic carbocycles. The molecule has 5 nitrogen and oxygen atoms in total. The summed E-state index contributed by atoms with van der Waals surface area (Å²) in [4.78, 5) is 0. The van der Waals surface area contributed by atoms with Crippen molar-refractivity contribution in [3.63, 3.8) is 0 Å². The fourth-order valence-corrected chi connectivity index (χ4v) is 4.19. The average Bonchev–Trinajstić information content (AvgIpc) is 2.49. The molecular formula is C15H20NO4S2+. The average molecular weight is 342 g/mol. The fraction of sp³-hybridized carbons (Fsp3) is 0.400. The number of rotatable bonds is 7. The molecule has 2 rings (SSSR count). The van der Waals surface area contributed by atoms with E-state index in [1.165, 1.54) is 0 Å². The van der Waals surface area contributed by atoms with Gasteiger partial charge in [-0.3, -0.25) is 4.55 Å². The van der Waals surface area contributed by atoms with Crippen LogP contribution in [0.25, 0.3) is 10.9 Å². The van der Waals surface area contributed by atoms with Gasteiger partial charge in [0, 0.05) is 17.5 Å². The van der Waals surface area contributed by atoms with Crippen molar-refractivity contribution in [2.45, 2.75) is 31.7 Å². The number of benzene rings is 1. The number of fused-ring (bicyclic) bond motifs is 1. The molecule has 0 aliphatic rings. The van der Waals surface area contributed by atoms with Crippen LogP contribution in [0.5, 0.6) is 0 Å². The highest BCUT2D eigenvalue weighted by Crippen LogP contribution is 2.27. The summed E-state index contributed by atoms with van der Waals surface area (Å²) in [7, 11) is -4.49. The number of hydrogen-bond acceptors (Lipinski definition) is 4. The molecule has 22 heavy (non-hydrogen) atoms. The molecule has 0 bridgehead atoms. The van der Waals surface area contributed by atoms with Crippen molar-refractivity contribution >= 4 is 33.1 Å². The zero-order chi connectivity index (χ0) is 16.2. The zero-order valence-electron chi connectivity index (χ0n) is 12.5. The maximum Gasteiger partial charge on any atom is 0.397 e. The first-order valence-electron chi connectivity index (χ1n) is 7.12. The Balaban J connectivity index is 2.49. The van der Waals surface area contributed by atoms with Crippen LogP contribution in [0.1, 0.15) is 25.6 Å². The molecule has 0 radical (unpaired) electrons. The van der Waals surface area contributed by atoms with Gasteiger partial charge >= 0.3 is 10.4 Å². The van der Waals surface area contributed by atoms with Gasteiger partial charge in [0.2, 0.25) is 10.9 Å². The number of nitrogens with zero attached hydrogens (tertiary/aromatic N) is 1. The summed E-state index contributed by atoms with van der Waals surface area (Å²) >= 11 is 1.58. The van der Waals surface area contributed by atoms with Crippen LogP contribution in [0, 0.1) is 0 Å². The summed E-state index contributed by atoms with van der Waals surface area (Å²) in [5.41, 5.74) is 0.994. The summed E-state index contributed by atoms with van der Waals surface area (Å²) in [5, 5.41) is 0.816. The summed E-state index contributed by atoms with van der Waals surface area (Å²) in [6.45, 7) is 3.84. The predicted octanol–water partition coefficient (Wildman–Crippen LogP) is 2.98. The number of pyridine rings is 1. The minimum atomic E-state index is -4.49. The van der Waals surface area contributed by atoms with Crippen LogP contribution in [0.2, 0.25) is 0 Å². The van der Waals surface area contributed by atoms with E-state index in [4.69, 9.17) is 8.74 Å². The van der Waals surface area contributed by atoms with E-state index in [1.807, 2.05) is 61.0 Å². The van der Waals surface area contributed by atoms with E-state index >= 15 is 0 Å². The van der Waals surface area contributed by atoms with Crippen molar-refractivity contribution in [3.05, 3.63) is 42.6 Å². The lowest BCUT2D eigenvalue weighted by Gasteiger charge is -2.20. The van der Waals surface area contributed by atoms with Gasteiger partial charge in [0.1, 0.15) is 0 Å². The predicted molar refractivity (Wildman–Crippen MR) is 88.0 cm³/mol. The van der Waals surface area contributed by atoms with Gasteiger partial charge in [0.05, 0.1) is 0 Å². The third-order valence-electron chi connectivity index (χ3n) is 3.31. The zero-order valence-corrected chi connectivity index (χ0v) is 14.2. The number of thioether (sulfide) groups is 1. The number of para-hydroxylation sites is 1. The Bertz CT molecular complexity index is 728. The lowest BCUT2D eigenvalue weighted by atomic mass is 10.2. The second-order valence-electron chi connectivity index (χ2n) is 4.79. The summed E-state index contributed by atoms with van der Waals surface area (Å²) in [6.07, 6.45) is 1.73. The van der Waals surface area contributed by atoms with Gasteiger partial charge in [-0.15, -0.1) is 0 Å². The van der Waals surface area contributed by atoms with Crippen molar-refractivity contribution < 1.29 is 21.7 Å². The van der Waals surface area contributed by atoms with Gasteiger partial charge in [0.15, 0.2) is 12.3 Å². The summed E-state index contributed by atoms with van der Waals surface area (Å²) < 4.78 is 38.2. The molecule has 0 saturated heterocycles. The molecule has 0 spiro atoms. The SMILES string of the molecule is CCSC(C(CC)OS(=O)(=O)O)[n+]1cccc2ccccc21. The van der Waals surface area contributed by atoms with Crippen LogP contribution >= 0.6 is 11.8 Å². The van der Waals surface area contributed by atoms with Gasteiger partial charge in [-0.2, -0.15) is 13.0 Å². The summed E-state index contributed by atoms with van der Waals surface area (Å²) in [6, 6.07) is 11.8. The minimum absolute atomic E-state index is 0.247. The Labute approximate surface area is 135 Å². The molecule has 0 aliphatic heterocycles. The monoisotopic (exact) mass is 342 g/mol. The maximum absolute atomic E-state index is 11.1. The Morgan fingerprint density at radius 3 is 2.55 bits per heavy atom. The van der Waals surface area contributed by atoms with Crippen molar-refractivity contribution in [1.29, 1.82) is 0 Å². The smallest absolute Gasteiger partial charge is 0.264 e. The van der Waals surface area contributed by atoms with Gasteiger partial charge in [-0.05, 0) is 24.3 Å². The molecule has 0 amide bonds. The van der Waals surface area contributed by atoms with Gasteiger partial charge in [-0.25, -0.2) is 4.18 Å². The molecule has 1 N–H and O–H groups in total. The highest BCUT2D eigenvalue weighted by atomic mass is 32.3. The van der Waals surface area contributed by atoms with Crippen molar-refractivity contribution in [3.8, 4) is 0 Å². The molecule has 1 heterocycles. The van der Waals surface area contributed by atoms with E-state index < -0.39 is 16.5 Å². The van der Waals surface area contributed by atoms with Crippen LogP contribution in [-0.4, -0.2) is 24.8 Å². The van der Waals surface area contributed by atoms with E-state index in [-0.39, 0.29) is 5.37 Å². The van der Waals surface area contributed by atoms with Gasteiger partial charge < -0.3 is 0 Å². The lowest BCUT2D eigenvalue weighted by Crippen LogP contribution is -2.45. The standard InChI is InChI=1S/C15H19NO4S2/c1-3-14(20-22(17,18)19)15(21-4-2)16-11-7-9-12-8-5-6-10-13(12)16/h5-11,14-15H,3-4H2,1-2H3/p+1. The number of aromatic nitrogens is 1. The van der Waals surface area contributed by atoms with E-state index in [2.05, 4.69) is 0 Å². The van der Waals surface area contributed by atoms with Crippen LogP contribution in [0.4, 0.5) is 0 Å². The maximum atomic E-state index is 11.1. The van der Waals surface area contributed by atoms with E-state index in [9.17, 15) is 8.42 Å². The fourth-order valence-electron chi connectivity index (χ4n) is 2.42. The molecule has 120 valence electrons. The highest BCUT2D eigenvalue weighted by molar-refractivity contribution is 7.99. The van der Waals surface area contributed by atoms with Crippen molar-refractivity contribution in [2.24, 2.45) is 0 Å². The molecule has 7 heteroatoms. The Morgan fingerprint density at radius 1 is 1.23 bits per heavy atom. The molecule has 0 aliphatic carbocycles.